The maximum absolute atomic E-state index is 13.5. The predicted octanol–water partition coefficient (Wildman–Crippen LogP) is 6.35. The van der Waals surface area contributed by atoms with E-state index in [1.165, 1.54) is 6.07 Å². The number of H-pyrrole nitrogens is 1. The van der Waals surface area contributed by atoms with Crippen molar-refractivity contribution in [2.24, 2.45) is 0 Å². The molecule has 0 radical (unpaired) electrons. The Hall–Kier alpha value is -4.49. The van der Waals surface area contributed by atoms with Crippen molar-refractivity contribution in [2.45, 2.75) is 19.2 Å². The Morgan fingerprint density at radius 2 is 1.84 bits per heavy atom. The van der Waals surface area contributed by atoms with Crippen molar-refractivity contribution in [3.8, 4) is 22.8 Å². The minimum Gasteiger partial charge on any atom is -0.507 e. The number of benzene rings is 3. The Bertz CT molecular complexity index is 1550. The molecule has 0 fully saturated rings. The summed E-state index contributed by atoms with van der Waals surface area (Å²) in [6.45, 7) is 0.725. The van der Waals surface area contributed by atoms with Crippen LogP contribution in [-0.4, -0.2) is 26.1 Å². The number of ether oxygens (including phenoxy) is 1. The van der Waals surface area contributed by atoms with Crippen LogP contribution < -0.4 is 4.74 Å². The second kappa shape index (κ2) is 9.52. The molecule has 0 saturated carbocycles. The highest BCUT2D eigenvalue weighted by Gasteiger charge is 2.42. The molecule has 2 N–H and O–H groups in total. The average Bonchev–Trinajstić information content (AvgIpc) is 3.65. The number of hydrogen-bond acceptors (Lipinski definition) is 5. The number of carbonyl (C=O) groups excluding carboxylic acids is 1. The van der Waals surface area contributed by atoms with Crippen LogP contribution >= 0.6 is 11.6 Å². The zero-order valence-corrected chi connectivity index (χ0v) is 20.4. The lowest BCUT2D eigenvalue weighted by atomic mass is 9.95. The van der Waals surface area contributed by atoms with Crippen LogP contribution in [0.2, 0.25) is 5.02 Å². The monoisotopic (exact) mass is 511 g/mol. The Morgan fingerprint density at radius 3 is 2.59 bits per heavy atom. The summed E-state index contributed by atoms with van der Waals surface area (Å²) in [6, 6.07) is 25.5. The number of furan rings is 1. The summed E-state index contributed by atoms with van der Waals surface area (Å²) in [4.78, 5) is 15.3. The molecule has 3 aromatic carbocycles. The molecule has 8 heteroatoms. The van der Waals surface area contributed by atoms with Crippen molar-refractivity contribution >= 4 is 17.5 Å². The standard InChI is InChI=1S/C29H22ClN3O4/c30-20-10-13-24(34)23(15-20)26-25-27(32-31-26)29(35)33(16-22-7-4-14-36-22)28(25)19-8-11-21(12-9-19)37-17-18-5-2-1-3-6-18/h1-15,28,34H,16-17H2,(H,31,32). The van der Waals surface area contributed by atoms with Gasteiger partial charge in [0.1, 0.15) is 35.3 Å². The second-order valence-corrected chi connectivity index (χ2v) is 9.22. The van der Waals surface area contributed by atoms with Gasteiger partial charge >= 0.3 is 0 Å². The first-order valence-electron chi connectivity index (χ1n) is 11.8. The molecule has 7 nitrogen and oxygen atoms in total. The summed E-state index contributed by atoms with van der Waals surface area (Å²) in [6.07, 6.45) is 1.58. The van der Waals surface area contributed by atoms with Crippen molar-refractivity contribution in [3.63, 3.8) is 0 Å². The first-order valence-corrected chi connectivity index (χ1v) is 12.1. The number of aromatic nitrogens is 2. The van der Waals surface area contributed by atoms with E-state index in [4.69, 9.17) is 20.8 Å². The third-order valence-corrected chi connectivity index (χ3v) is 6.66. The van der Waals surface area contributed by atoms with Gasteiger partial charge in [0.05, 0.1) is 18.8 Å². The summed E-state index contributed by atoms with van der Waals surface area (Å²) < 4.78 is 11.5. The fourth-order valence-electron chi connectivity index (χ4n) is 4.67. The smallest absolute Gasteiger partial charge is 0.273 e. The van der Waals surface area contributed by atoms with E-state index >= 15 is 0 Å². The lowest BCUT2D eigenvalue weighted by Gasteiger charge is -2.26. The molecular formula is C29H22ClN3O4. The van der Waals surface area contributed by atoms with E-state index in [2.05, 4.69) is 10.2 Å². The Kier molecular flexibility index (Phi) is 5.90. The Morgan fingerprint density at radius 1 is 1.03 bits per heavy atom. The number of halogens is 1. The van der Waals surface area contributed by atoms with Crippen LogP contribution in [-0.2, 0) is 13.2 Å². The number of nitrogens with zero attached hydrogens (tertiary/aromatic N) is 2. The number of fused-ring (bicyclic) bond motifs is 1. The van der Waals surface area contributed by atoms with Crippen molar-refractivity contribution in [2.75, 3.05) is 0 Å². The van der Waals surface area contributed by atoms with E-state index in [1.807, 2.05) is 60.7 Å². The van der Waals surface area contributed by atoms with Crippen LogP contribution in [0.4, 0.5) is 0 Å². The van der Waals surface area contributed by atoms with Crippen LogP contribution in [0.5, 0.6) is 11.5 Å². The molecular weight excluding hydrogens is 490 g/mol. The predicted molar refractivity (Wildman–Crippen MR) is 138 cm³/mol. The number of hydrogen-bond donors (Lipinski definition) is 2. The van der Waals surface area contributed by atoms with Crippen LogP contribution in [0.15, 0.2) is 95.6 Å². The van der Waals surface area contributed by atoms with Gasteiger partial charge in [0.25, 0.3) is 5.91 Å². The number of phenolic OH excluding ortho intramolecular Hbond substituents is 1. The zero-order chi connectivity index (χ0) is 25.4. The summed E-state index contributed by atoms with van der Waals surface area (Å²) in [5, 5.41) is 18.3. The van der Waals surface area contributed by atoms with Gasteiger partial charge < -0.3 is 19.2 Å². The molecule has 2 aromatic heterocycles. The molecule has 1 amide bonds. The summed E-state index contributed by atoms with van der Waals surface area (Å²) in [5.74, 6) is 1.20. The van der Waals surface area contributed by atoms with Crippen molar-refractivity contribution in [1.29, 1.82) is 0 Å². The summed E-state index contributed by atoms with van der Waals surface area (Å²) >= 11 is 6.23. The third-order valence-electron chi connectivity index (χ3n) is 6.43. The molecule has 1 aliphatic heterocycles. The first-order chi connectivity index (χ1) is 18.1. The largest absolute Gasteiger partial charge is 0.507 e. The van der Waals surface area contributed by atoms with Crippen molar-refractivity contribution in [1.82, 2.24) is 15.1 Å². The van der Waals surface area contributed by atoms with Crippen LogP contribution in [0.25, 0.3) is 11.3 Å². The van der Waals surface area contributed by atoms with Gasteiger partial charge in [-0.25, -0.2) is 0 Å². The average molecular weight is 512 g/mol. The van der Waals surface area contributed by atoms with Gasteiger partial charge in [-0.15, -0.1) is 0 Å². The normalized spacial score (nSPS) is 14.7. The quantitative estimate of drug-likeness (QED) is 0.265. The summed E-state index contributed by atoms with van der Waals surface area (Å²) in [7, 11) is 0. The maximum atomic E-state index is 13.5. The van der Waals surface area contributed by atoms with Gasteiger partial charge in [0, 0.05) is 16.1 Å². The maximum Gasteiger partial charge on any atom is 0.273 e. The van der Waals surface area contributed by atoms with Gasteiger partial charge in [0.2, 0.25) is 0 Å². The Labute approximate surface area is 217 Å². The molecule has 1 atom stereocenters. The number of aromatic amines is 1. The van der Waals surface area contributed by atoms with Gasteiger partial charge in [-0.05, 0) is 53.6 Å². The highest BCUT2D eigenvalue weighted by molar-refractivity contribution is 6.31. The highest BCUT2D eigenvalue weighted by Crippen LogP contribution is 2.45. The SMILES string of the molecule is O=C1c2[nH]nc(-c3cc(Cl)ccc3O)c2C(c2ccc(OCc3ccccc3)cc2)N1Cc1ccco1. The minimum absolute atomic E-state index is 0.0269. The van der Waals surface area contributed by atoms with E-state index in [0.717, 1.165) is 16.9 Å². The topological polar surface area (TPSA) is 91.6 Å². The molecule has 1 aliphatic rings. The number of rotatable bonds is 7. The highest BCUT2D eigenvalue weighted by atomic mass is 35.5. The molecule has 0 spiro atoms. The number of amides is 1. The Balaban J connectivity index is 1.38. The van der Waals surface area contributed by atoms with Gasteiger partial charge in [-0.1, -0.05) is 54.1 Å². The summed E-state index contributed by atoms with van der Waals surface area (Å²) in [5.41, 5.74) is 3.91. The molecule has 0 saturated heterocycles. The fourth-order valence-corrected chi connectivity index (χ4v) is 4.84. The van der Waals surface area contributed by atoms with E-state index < -0.39 is 6.04 Å². The van der Waals surface area contributed by atoms with E-state index in [0.29, 0.717) is 39.9 Å². The lowest BCUT2D eigenvalue weighted by molar-refractivity contribution is 0.0717. The zero-order valence-electron chi connectivity index (χ0n) is 19.6. The number of phenols is 1. The first kappa shape index (κ1) is 22.9. The molecule has 0 bridgehead atoms. The molecule has 1 unspecified atom stereocenters. The number of carbonyl (C=O) groups is 1. The van der Waals surface area contributed by atoms with Crippen molar-refractivity contribution in [3.05, 3.63) is 124 Å². The van der Waals surface area contributed by atoms with Gasteiger partial charge in [-0.2, -0.15) is 5.10 Å². The minimum atomic E-state index is -0.470. The van der Waals surface area contributed by atoms with E-state index in [9.17, 15) is 9.90 Å². The molecule has 184 valence electrons. The van der Waals surface area contributed by atoms with Gasteiger partial charge in [-0.3, -0.25) is 9.89 Å². The second-order valence-electron chi connectivity index (χ2n) is 8.78. The van der Waals surface area contributed by atoms with Crippen LogP contribution in [0, 0.1) is 0 Å². The fraction of sp³-hybridized carbons (Fsp3) is 0.103. The molecule has 3 heterocycles. The van der Waals surface area contributed by atoms with Crippen molar-refractivity contribution < 1.29 is 19.1 Å². The van der Waals surface area contributed by atoms with E-state index in [-0.39, 0.29) is 18.2 Å². The number of nitrogens with one attached hydrogen (secondary N) is 1. The molecule has 37 heavy (non-hydrogen) atoms. The van der Waals surface area contributed by atoms with Crippen LogP contribution in [0.3, 0.4) is 0 Å². The lowest BCUT2D eigenvalue weighted by Crippen LogP contribution is -2.28. The number of aromatic hydroxyl groups is 1. The van der Waals surface area contributed by atoms with Gasteiger partial charge in [0.15, 0.2) is 0 Å². The van der Waals surface area contributed by atoms with Crippen LogP contribution in [0.1, 0.15) is 39.0 Å². The van der Waals surface area contributed by atoms with E-state index in [1.54, 1.807) is 29.4 Å². The molecule has 5 aromatic rings. The third kappa shape index (κ3) is 4.34. The molecule has 6 rings (SSSR count). The molecule has 0 aliphatic carbocycles.